The van der Waals surface area contributed by atoms with E-state index in [1.165, 1.54) is 31.5 Å². The fraction of sp³-hybridized carbons (Fsp3) is 0.0952. The van der Waals surface area contributed by atoms with Gasteiger partial charge < -0.3 is 10.1 Å². The van der Waals surface area contributed by atoms with Gasteiger partial charge in [-0.3, -0.25) is 14.3 Å². The zero-order chi connectivity index (χ0) is 21.6. The minimum absolute atomic E-state index is 0.0338. The van der Waals surface area contributed by atoms with Crippen molar-refractivity contribution < 1.29 is 22.7 Å². The van der Waals surface area contributed by atoms with E-state index >= 15 is 0 Å². The number of esters is 1. The highest BCUT2D eigenvalue weighted by atomic mass is 32.2. The van der Waals surface area contributed by atoms with Crippen molar-refractivity contribution in [2.75, 3.05) is 18.4 Å². The molecule has 1 aromatic heterocycles. The Balaban J connectivity index is 1.79. The Hall–Kier alpha value is -3.72. The molecule has 9 heteroatoms. The first kappa shape index (κ1) is 21.0. The van der Waals surface area contributed by atoms with Crippen LogP contribution in [0.4, 0.5) is 5.69 Å². The molecule has 0 aliphatic heterocycles. The van der Waals surface area contributed by atoms with E-state index in [4.69, 9.17) is 0 Å². The van der Waals surface area contributed by atoms with Crippen LogP contribution in [-0.4, -0.2) is 38.9 Å². The second kappa shape index (κ2) is 9.19. The normalized spacial score (nSPS) is 10.8. The molecule has 0 bridgehead atoms. The average molecular weight is 425 g/mol. The Kier molecular flexibility index (Phi) is 6.43. The molecule has 0 unspecified atom stereocenters. The molecule has 0 aliphatic rings. The molecule has 3 rings (SSSR count). The van der Waals surface area contributed by atoms with Crippen LogP contribution < -0.4 is 10.0 Å². The number of carbonyl (C=O) groups excluding carboxylic acids is 2. The molecule has 0 aliphatic carbocycles. The number of aromatic nitrogens is 1. The maximum atomic E-state index is 13.0. The predicted octanol–water partition coefficient (Wildman–Crippen LogP) is 2.45. The van der Waals surface area contributed by atoms with Gasteiger partial charge in [0.25, 0.3) is 15.9 Å². The largest absolute Gasteiger partial charge is 0.468 e. The smallest absolute Gasteiger partial charge is 0.325 e. The van der Waals surface area contributed by atoms with Gasteiger partial charge in [-0.25, -0.2) is 13.4 Å². The van der Waals surface area contributed by atoms with Crippen molar-refractivity contribution in [3.63, 3.8) is 0 Å². The van der Waals surface area contributed by atoms with Crippen molar-refractivity contribution in [1.29, 1.82) is 0 Å². The minimum atomic E-state index is -3.90. The van der Waals surface area contributed by atoms with Gasteiger partial charge in [-0.15, -0.1) is 0 Å². The lowest BCUT2D eigenvalue weighted by Crippen LogP contribution is -2.30. The minimum Gasteiger partial charge on any atom is -0.468 e. The standard InChI is InChI=1S/C21H19N3O5S/c1-29-20(25)14-23-21(26)18-12-11-16(13-22-18)24-30(27,28)19-10-6-5-9-17(19)15-7-3-2-4-8-15/h2-13,24H,14H2,1H3,(H,23,26). The third-order valence-corrected chi connectivity index (χ3v) is 5.57. The Labute approximate surface area is 174 Å². The number of pyridine rings is 1. The van der Waals surface area contributed by atoms with E-state index in [2.05, 4.69) is 19.8 Å². The summed E-state index contributed by atoms with van der Waals surface area (Å²) < 4.78 is 32.8. The predicted molar refractivity (Wildman–Crippen MR) is 111 cm³/mol. The SMILES string of the molecule is COC(=O)CNC(=O)c1ccc(NS(=O)(=O)c2ccccc2-c2ccccc2)cn1. The summed E-state index contributed by atoms with van der Waals surface area (Å²) >= 11 is 0. The first-order chi connectivity index (χ1) is 14.4. The monoisotopic (exact) mass is 425 g/mol. The van der Waals surface area contributed by atoms with Crippen LogP contribution in [0.25, 0.3) is 11.1 Å². The van der Waals surface area contributed by atoms with E-state index in [0.29, 0.717) is 5.56 Å². The van der Waals surface area contributed by atoms with Gasteiger partial charge in [-0.2, -0.15) is 0 Å². The van der Waals surface area contributed by atoms with Gasteiger partial charge in [0.05, 0.1) is 23.9 Å². The second-order valence-corrected chi connectivity index (χ2v) is 7.81. The molecule has 0 radical (unpaired) electrons. The summed E-state index contributed by atoms with van der Waals surface area (Å²) in [6.45, 7) is -0.290. The molecule has 8 nitrogen and oxygen atoms in total. The van der Waals surface area contributed by atoms with Gasteiger partial charge >= 0.3 is 5.97 Å². The van der Waals surface area contributed by atoms with Crippen molar-refractivity contribution in [3.05, 3.63) is 78.6 Å². The van der Waals surface area contributed by atoms with Crippen LogP contribution in [0.3, 0.4) is 0 Å². The first-order valence-corrected chi connectivity index (χ1v) is 10.4. The van der Waals surface area contributed by atoms with Gasteiger partial charge in [0.15, 0.2) is 0 Å². The van der Waals surface area contributed by atoms with Crippen molar-refractivity contribution in [2.45, 2.75) is 4.90 Å². The third-order valence-electron chi connectivity index (χ3n) is 4.13. The van der Waals surface area contributed by atoms with Crippen LogP contribution in [0.15, 0.2) is 77.8 Å². The molecule has 2 aromatic carbocycles. The van der Waals surface area contributed by atoms with Crippen LogP contribution in [0.1, 0.15) is 10.5 Å². The number of methoxy groups -OCH3 is 1. The maximum absolute atomic E-state index is 13.0. The Morgan fingerprint density at radius 3 is 2.33 bits per heavy atom. The van der Waals surface area contributed by atoms with Crippen molar-refractivity contribution in [2.24, 2.45) is 0 Å². The number of nitrogens with zero attached hydrogens (tertiary/aromatic N) is 1. The molecule has 1 heterocycles. The van der Waals surface area contributed by atoms with E-state index in [0.717, 1.165) is 5.56 Å². The average Bonchev–Trinajstić information content (AvgIpc) is 2.78. The van der Waals surface area contributed by atoms with Crippen LogP contribution in [0, 0.1) is 0 Å². The molecule has 2 N–H and O–H groups in total. The number of sulfonamides is 1. The molecule has 154 valence electrons. The van der Waals surface area contributed by atoms with Crippen molar-refractivity contribution in [1.82, 2.24) is 10.3 Å². The van der Waals surface area contributed by atoms with Crippen LogP contribution in [0.5, 0.6) is 0 Å². The molecular weight excluding hydrogens is 406 g/mol. The lowest BCUT2D eigenvalue weighted by molar-refractivity contribution is -0.139. The number of ether oxygens (including phenoxy) is 1. The topological polar surface area (TPSA) is 114 Å². The quantitative estimate of drug-likeness (QED) is 0.562. The van der Waals surface area contributed by atoms with E-state index in [-0.39, 0.29) is 22.8 Å². The van der Waals surface area contributed by atoms with Gasteiger partial charge in [0, 0.05) is 5.56 Å². The number of hydrogen-bond acceptors (Lipinski definition) is 6. The lowest BCUT2D eigenvalue weighted by atomic mass is 10.1. The van der Waals surface area contributed by atoms with Gasteiger partial charge in [-0.1, -0.05) is 48.5 Å². The number of hydrogen-bond donors (Lipinski definition) is 2. The van der Waals surface area contributed by atoms with Gasteiger partial charge in [0.1, 0.15) is 12.2 Å². The molecule has 0 fully saturated rings. The lowest BCUT2D eigenvalue weighted by Gasteiger charge is -2.12. The fourth-order valence-corrected chi connectivity index (χ4v) is 3.95. The molecule has 0 saturated heterocycles. The Morgan fingerprint density at radius 1 is 0.967 bits per heavy atom. The van der Waals surface area contributed by atoms with Crippen molar-refractivity contribution in [3.8, 4) is 11.1 Å². The highest BCUT2D eigenvalue weighted by Crippen LogP contribution is 2.28. The van der Waals surface area contributed by atoms with E-state index in [1.54, 1.807) is 18.2 Å². The summed E-state index contributed by atoms with van der Waals surface area (Å²) in [6.07, 6.45) is 1.23. The van der Waals surface area contributed by atoms with E-state index in [9.17, 15) is 18.0 Å². The van der Waals surface area contributed by atoms with E-state index in [1.807, 2.05) is 30.3 Å². The fourth-order valence-electron chi connectivity index (χ4n) is 2.67. The summed E-state index contributed by atoms with van der Waals surface area (Å²) in [7, 11) is -2.69. The number of benzene rings is 2. The zero-order valence-corrected chi connectivity index (χ0v) is 16.8. The molecule has 0 atom stereocenters. The number of carbonyl (C=O) groups is 2. The number of nitrogens with one attached hydrogen (secondary N) is 2. The Bertz CT molecular complexity index is 1150. The highest BCUT2D eigenvalue weighted by molar-refractivity contribution is 7.92. The summed E-state index contributed by atoms with van der Waals surface area (Å²) in [5, 5.41) is 2.35. The second-order valence-electron chi connectivity index (χ2n) is 6.16. The van der Waals surface area contributed by atoms with Crippen molar-refractivity contribution >= 4 is 27.6 Å². The molecule has 30 heavy (non-hydrogen) atoms. The van der Waals surface area contributed by atoms with Crippen LogP contribution >= 0.6 is 0 Å². The van der Waals surface area contributed by atoms with Gasteiger partial charge in [-0.05, 0) is 23.8 Å². The molecule has 3 aromatic rings. The molecular formula is C21H19N3O5S. The summed E-state index contributed by atoms with van der Waals surface area (Å²) in [4.78, 5) is 27.1. The summed E-state index contributed by atoms with van der Waals surface area (Å²) in [5.41, 5.74) is 1.57. The Morgan fingerprint density at radius 2 is 1.67 bits per heavy atom. The number of anilines is 1. The molecule has 1 amide bonds. The highest BCUT2D eigenvalue weighted by Gasteiger charge is 2.19. The number of rotatable bonds is 7. The third kappa shape index (κ3) is 5.00. The number of amides is 1. The van der Waals surface area contributed by atoms with Crippen LogP contribution in [-0.2, 0) is 19.6 Å². The van der Waals surface area contributed by atoms with Gasteiger partial charge in [0.2, 0.25) is 0 Å². The first-order valence-electron chi connectivity index (χ1n) is 8.89. The maximum Gasteiger partial charge on any atom is 0.325 e. The molecule has 0 spiro atoms. The van der Waals surface area contributed by atoms with Crippen LogP contribution in [0.2, 0.25) is 0 Å². The summed E-state index contributed by atoms with van der Waals surface area (Å²) in [6, 6.07) is 18.6. The summed E-state index contributed by atoms with van der Waals surface area (Å²) in [5.74, 6) is -1.17. The van der Waals surface area contributed by atoms with E-state index < -0.39 is 21.9 Å². The zero-order valence-electron chi connectivity index (χ0n) is 16.0. The molecule has 0 saturated carbocycles.